The van der Waals surface area contributed by atoms with E-state index in [9.17, 15) is 18.0 Å². The van der Waals surface area contributed by atoms with Gasteiger partial charge in [0.15, 0.2) is 0 Å². The average Bonchev–Trinajstić information content (AvgIpc) is 2.67. The molecule has 1 aliphatic heterocycles. The summed E-state index contributed by atoms with van der Waals surface area (Å²) in [6, 6.07) is 12.3. The van der Waals surface area contributed by atoms with Crippen molar-refractivity contribution in [1.82, 2.24) is 10.2 Å². The van der Waals surface area contributed by atoms with Gasteiger partial charge in [-0.05, 0) is 61.3 Å². The summed E-state index contributed by atoms with van der Waals surface area (Å²) in [5.41, 5.74) is 1.60. The first-order valence-electron chi connectivity index (χ1n) is 9.17. The molecule has 0 aromatic heterocycles. The molecule has 2 aromatic rings. The van der Waals surface area contributed by atoms with Gasteiger partial charge in [-0.1, -0.05) is 30.7 Å². The number of likely N-dealkylation sites (tertiary alicyclic amines) is 1. The van der Waals surface area contributed by atoms with Gasteiger partial charge in [-0.25, -0.2) is 0 Å². The highest BCUT2D eigenvalue weighted by molar-refractivity contribution is 5.94. The van der Waals surface area contributed by atoms with Gasteiger partial charge in [0.1, 0.15) is 0 Å². The highest BCUT2D eigenvalue weighted by atomic mass is 19.4. The minimum Gasteiger partial charge on any atom is -0.348 e. The SMILES string of the molecule is O=C(NCc1ccc(C(F)(F)F)cc1)c1cccc(CN2CCCCC2)c1. The second-order valence-corrected chi connectivity index (χ2v) is 6.91. The summed E-state index contributed by atoms with van der Waals surface area (Å²) in [7, 11) is 0. The Balaban J connectivity index is 1.57. The van der Waals surface area contributed by atoms with Crippen molar-refractivity contribution < 1.29 is 18.0 Å². The van der Waals surface area contributed by atoms with Crippen LogP contribution in [0.3, 0.4) is 0 Å². The zero-order valence-corrected chi connectivity index (χ0v) is 15.1. The molecule has 0 unspecified atom stereocenters. The number of hydrogen-bond acceptors (Lipinski definition) is 2. The molecule has 1 aliphatic rings. The molecule has 0 spiro atoms. The molecular formula is C21H23F3N2O. The molecule has 3 nitrogen and oxygen atoms in total. The Morgan fingerprint density at radius 3 is 2.33 bits per heavy atom. The number of alkyl halides is 3. The van der Waals surface area contributed by atoms with Crippen LogP contribution in [0.2, 0.25) is 0 Å². The first kappa shape index (κ1) is 19.4. The molecule has 1 N–H and O–H groups in total. The Kier molecular flexibility index (Phi) is 6.16. The number of hydrogen-bond donors (Lipinski definition) is 1. The maximum atomic E-state index is 12.6. The third-order valence-corrected chi connectivity index (χ3v) is 4.78. The van der Waals surface area contributed by atoms with Gasteiger partial charge in [-0.3, -0.25) is 9.69 Å². The summed E-state index contributed by atoms with van der Waals surface area (Å²) in [5.74, 6) is -0.226. The number of halogens is 3. The number of nitrogens with zero attached hydrogens (tertiary/aromatic N) is 1. The Morgan fingerprint density at radius 2 is 1.67 bits per heavy atom. The Labute approximate surface area is 157 Å². The molecule has 0 radical (unpaired) electrons. The number of carbonyl (C=O) groups is 1. The smallest absolute Gasteiger partial charge is 0.348 e. The maximum absolute atomic E-state index is 12.6. The lowest BCUT2D eigenvalue weighted by Crippen LogP contribution is -2.29. The average molecular weight is 376 g/mol. The van der Waals surface area contributed by atoms with Crippen molar-refractivity contribution in [2.24, 2.45) is 0 Å². The topological polar surface area (TPSA) is 32.3 Å². The van der Waals surface area contributed by atoms with Gasteiger partial charge in [0.2, 0.25) is 0 Å². The highest BCUT2D eigenvalue weighted by Gasteiger charge is 2.29. The van der Waals surface area contributed by atoms with E-state index in [0.29, 0.717) is 11.1 Å². The minimum absolute atomic E-state index is 0.188. The third kappa shape index (κ3) is 5.57. The zero-order valence-electron chi connectivity index (χ0n) is 15.1. The molecule has 0 bridgehead atoms. The van der Waals surface area contributed by atoms with Crippen LogP contribution >= 0.6 is 0 Å². The van der Waals surface area contributed by atoms with Gasteiger partial charge >= 0.3 is 6.18 Å². The van der Waals surface area contributed by atoms with Gasteiger partial charge in [0.25, 0.3) is 5.91 Å². The quantitative estimate of drug-likeness (QED) is 0.826. The van der Waals surface area contributed by atoms with E-state index >= 15 is 0 Å². The van der Waals surface area contributed by atoms with Crippen LogP contribution in [-0.4, -0.2) is 23.9 Å². The fraction of sp³-hybridized carbons (Fsp3) is 0.381. The fourth-order valence-electron chi connectivity index (χ4n) is 3.28. The normalized spacial score (nSPS) is 15.5. The van der Waals surface area contributed by atoms with Crippen LogP contribution in [0, 0.1) is 0 Å². The summed E-state index contributed by atoms with van der Waals surface area (Å²) in [6.45, 7) is 3.20. The lowest BCUT2D eigenvalue weighted by atomic mass is 10.1. The van der Waals surface area contributed by atoms with E-state index < -0.39 is 11.7 Å². The third-order valence-electron chi connectivity index (χ3n) is 4.78. The number of carbonyl (C=O) groups excluding carboxylic acids is 1. The number of rotatable bonds is 5. The molecule has 3 rings (SSSR count). The molecule has 0 aliphatic carbocycles. The molecule has 1 amide bonds. The number of piperidine rings is 1. The second-order valence-electron chi connectivity index (χ2n) is 6.91. The van der Waals surface area contributed by atoms with Crippen LogP contribution in [-0.2, 0) is 19.3 Å². The van der Waals surface area contributed by atoms with Crippen molar-refractivity contribution in [3.8, 4) is 0 Å². The molecular weight excluding hydrogens is 353 g/mol. The van der Waals surface area contributed by atoms with Gasteiger partial charge < -0.3 is 5.32 Å². The largest absolute Gasteiger partial charge is 0.416 e. The monoisotopic (exact) mass is 376 g/mol. The first-order chi connectivity index (χ1) is 12.9. The summed E-state index contributed by atoms with van der Waals surface area (Å²) in [5, 5.41) is 2.77. The minimum atomic E-state index is -4.35. The molecule has 1 saturated heterocycles. The molecule has 0 atom stereocenters. The second kappa shape index (κ2) is 8.57. The lowest BCUT2D eigenvalue weighted by molar-refractivity contribution is -0.137. The molecule has 2 aromatic carbocycles. The summed E-state index contributed by atoms with van der Waals surface area (Å²) in [4.78, 5) is 14.8. The van der Waals surface area contributed by atoms with Gasteiger partial charge in [-0.2, -0.15) is 13.2 Å². The van der Waals surface area contributed by atoms with E-state index in [1.165, 1.54) is 31.4 Å². The summed E-state index contributed by atoms with van der Waals surface area (Å²) < 4.78 is 37.8. The van der Waals surface area contributed by atoms with Crippen LogP contribution < -0.4 is 5.32 Å². The molecule has 0 saturated carbocycles. The highest BCUT2D eigenvalue weighted by Crippen LogP contribution is 2.29. The van der Waals surface area contributed by atoms with E-state index in [2.05, 4.69) is 10.2 Å². The van der Waals surface area contributed by atoms with Crippen molar-refractivity contribution in [3.63, 3.8) is 0 Å². The van der Waals surface area contributed by atoms with Crippen LogP contribution in [0.5, 0.6) is 0 Å². The molecule has 144 valence electrons. The standard InChI is InChI=1S/C21H23F3N2O/c22-21(23,24)19-9-7-16(8-10-19)14-25-20(27)18-6-4-5-17(13-18)15-26-11-2-1-3-12-26/h4-10,13H,1-3,11-12,14-15H2,(H,25,27). The zero-order chi connectivity index (χ0) is 19.3. The van der Waals surface area contributed by atoms with Gasteiger partial charge in [0.05, 0.1) is 5.56 Å². The number of benzene rings is 2. The first-order valence-corrected chi connectivity index (χ1v) is 9.17. The number of amides is 1. The van der Waals surface area contributed by atoms with Crippen molar-refractivity contribution in [2.75, 3.05) is 13.1 Å². The fourth-order valence-corrected chi connectivity index (χ4v) is 3.28. The van der Waals surface area contributed by atoms with Gasteiger partial charge in [0, 0.05) is 18.7 Å². The number of nitrogens with one attached hydrogen (secondary N) is 1. The lowest BCUT2D eigenvalue weighted by Gasteiger charge is -2.26. The molecule has 1 heterocycles. The van der Waals surface area contributed by atoms with E-state index in [1.807, 2.05) is 18.2 Å². The van der Waals surface area contributed by atoms with E-state index in [4.69, 9.17) is 0 Å². The van der Waals surface area contributed by atoms with Crippen molar-refractivity contribution in [1.29, 1.82) is 0 Å². The Bertz CT molecular complexity index is 766. The summed E-state index contributed by atoms with van der Waals surface area (Å²) in [6.07, 6.45) is -0.639. The van der Waals surface area contributed by atoms with Crippen LogP contribution in [0.1, 0.15) is 46.3 Å². The van der Waals surface area contributed by atoms with E-state index in [0.717, 1.165) is 37.3 Å². The van der Waals surface area contributed by atoms with Crippen molar-refractivity contribution >= 4 is 5.91 Å². The van der Waals surface area contributed by atoms with Crippen molar-refractivity contribution in [3.05, 3.63) is 70.8 Å². The summed E-state index contributed by atoms with van der Waals surface area (Å²) >= 11 is 0. The van der Waals surface area contributed by atoms with Crippen LogP contribution in [0.25, 0.3) is 0 Å². The predicted octanol–water partition coefficient (Wildman–Crippen LogP) is 4.62. The van der Waals surface area contributed by atoms with Crippen molar-refractivity contribution in [2.45, 2.75) is 38.5 Å². The molecule has 1 fully saturated rings. The Morgan fingerprint density at radius 1 is 0.963 bits per heavy atom. The van der Waals surface area contributed by atoms with E-state index in [1.54, 1.807) is 6.07 Å². The predicted molar refractivity (Wildman–Crippen MR) is 98.2 cm³/mol. The Hall–Kier alpha value is -2.34. The van der Waals surface area contributed by atoms with Crippen LogP contribution in [0.4, 0.5) is 13.2 Å². The van der Waals surface area contributed by atoms with E-state index in [-0.39, 0.29) is 12.5 Å². The molecule has 27 heavy (non-hydrogen) atoms. The maximum Gasteiger partial charge on any atom is 0.416 e. The van der Waals surface area contributed by atoms with Gasteiger partial charge in [-0.15, -0.1) is 0 Å². The molecule has 6 heteroatoms. The van der Waals surface area contributed by atoms with Crippen LogP contribution in [0.15, 0.2) is 48.5 Å².